The van der Waals surface area contributed by atoms with E-state index in [1.807, 2.05) is 61.0 Å². The third-order valence-electron chi connectivity index (χ3n) is 5.72. The normalized spacial score (nSPS) is 11.1. The van der Waals surface area contributed by atoms with E-state index in [1.165, 1.54) is 17.6 Å². The summed E-state index contributed by atoms with van der Waals surface area (Å²) in [5, 5.41) is 2.91. The number of aromatic nitrogens is 2. The van der Waals surface area contributed by atoms with Gasteiger partial charge in [-0.3, -0.25) is 19.5 Å². The molecule has 36 heavy (non-hydrogen) atoms. The predicted octanol–water partition coefficient (Wildman–Crippen LogP) is 4.74. The summed E-state index contributed by atoms with van der Waals surface area (Å²) < 4.78 is 12.1. The maximum Gasteiger partial charge on any atom is 0.249 e. The molecule has 192 valence electrons. The quantitative estimate of drug-likeness (QED) is 0.418. The maximum atomic E-state index is 13.1. The highest BCUT2D eigenvalue weighted by Crippen LogP contribution is 2.27. The Labute approximate surface area is 213 Å². The van der Waals surface area contributed by atoms with Crippen molar-refractivity contribution in [3.05, 3.63) is 60.3 Å². The minimum absolute atomic E-state index is 0.0710. The molecule has 0 unspecified atom stereocenters. The summed E-state index contributed by atoms with van der Waals surface area (Å²) >= 11 is 0. The van der Waals surface area contributed by atoms with Crippen LogP contribution in [0.5, 0.6) is 5.75 Å². The average molecular weight is 493 g/mol. The number of benzene rings is 2. The first-order valence-electron chi connectivity index (χ1n) is 12.1. The van der Waals surface area contributed by atoms with Gasteiger partial charge < -0.3 is 14.4 Å². The van der Waals surface area contributed by atoms with E-state index in [9.17, 15) is 9.59 Å². The van der Waals surface area contributed by atoms with Gasteiger partial charge in [0.15, 0.2) is 0 Å². The number of nitrogens with one attached hydrogen (secondary N) is 1. The number of carbonyl (C=O) groups excluding carboxylic acids is 2. The van der Waals surface area contributed by atoms with Crippen molar-refractivity contribution >= 4 is 17.8 Å². The average Bonchev–Trinajstić information content (AvgIpc) is 3.27. The number of hydrogen-bond donors (Lipinski definition) is 1. The van der Waals surface area contributed by atoms with Crippen molar-refractivity contribution < 1.29 is 19.1 Å². The highest BCUT2D eigenvalue weighted by Gasteiger charge is 2.20. The van der Waals surface area contributed by atoms with E-state index in [0.717, 1.165) is 17.0 Å². The van der Waals surface area contributed by atoms with E-state index in [1.54, 1.807) is 7.11 Å². The van der Waals surface area contributed by atoms with Crippen LogP contribution in [0.4, 0.5) is 5.95 Å². The van der Waals surface area contributed by atoms with Gasteiger partial charge in [0.25, 0.3) is 0 Å². The molecular weight excluding hydrogens is 456 g/mol. The molecule has 0 saturated heterocycles. The van der Waals surface area contributed by atoms with E-state index in [0.29, 0.717) is 24.1 Å². The third-order valence-corrected chi connectivity index (χ3v) is 5.72. The Morgan fingerprint density at radius 3 is 2.22 bits per heavy atom. The first kappa shape index (κ1) is 26.9. The van der Waals surface area contributed by atoms with Crippen molar-refractivity contribution in [3.63, 3.8) is 0 Å². The van der Waals surface area contributed by atoms with Gasteiger partial charge in [-0.15, -0.1) is 0 Å². The second-order valence-corrected chi connectivity index (χ2v) is 9.44. The molecule has 0 saturated carbocycles. The number of nitrogens with zero attached hydrogens (tertiary/aromatic N) is 3. The Hall–Kier alpha value is -3.65. The van der Waals surface area contributed by atoms with Gasteiger partial charge in [0.1, 0.15) is 18.9 Å². The summed E-state index contributed by atoms with van der Waals surface area (Å²) in [6.07, 6.45) is 1.89. The molecule has 8 heteroatoms. The fourth-order valence-corrected chi connectivity index (χ4v) is 3.83. The van der Waals surface area contributed by atoms with Crippen LogP contribution in [0.2, 0.25) is 0 Å². The number of rotatable bonds is 11. The fourth-order valence-electron chi connectivity index (χ4n) is 3.83. The van der Waals surface area contributed by atoms with E-state index < -0.39 is 0 Å². The van der Waals surface area contributed by atoms with Crippen LogP contribution in [-0.2, 0) is 14.3 Å². The molecule has 0 aliphatic rings. The topological polar surface area (TPSA) is 85.7 Å². The zero-order chi connectivity index (χ0) is 26.2. The Kier molecular flexibility index (Phi) is 9.25. The molecule has 0 aliphatic carbocycles. The largest absolute Gasteiger partial charge is 0.497 e. The van der Waals surface area contributed by atoms with Gasteiger partial charge in [-0.25, -0.2) is 4.98 Å². The highest BCUT2D eigenvalue weighted by molar-refractivity contribution is 5.94. The number of anilines is 1. The molecule has 1 heterocycles. The van der Waals surface area contributed by atoms with Crippen LogP contribution < -0.4 is 10.1 Å². The van der Waals surface area contributed by atoms with Crippen molar-refractivity contribution in [2.24, 2.45) is 5.92 Å². The van der Waals surface area contributed by atoms with E-state index in [-0.39, 0.29) is 30.9 Å². The number of amides is 2. The van der Waals surface area contributed by atoms with E-state index >= 15 is 0 Å². The smallest absolute Gasteiger partial charge is 0.249 e. The number of carbonyl (C=O) groups is 2. The number of methoxy groups -OCH3 is 2. The minimum Gasteiger partial charge on any atom is -0.497 e. The van der Waals surface area contributed by atoms with Crippen molar-refractivity contribution in [2.45, 2.75) is 33.6 Å². The number of imidazole rings is 1. The van der Waals surface area contributed by atoms with Crippen molar-refractivity contribution in [1.82, 2.24) is 14.5 Å². The van der Waals surface area contributed by atoms with E-state index in [4.69, 9.17) is 14.5 Å². The van der Waals surface area contributed by atoms with Gasteiger partial charge >= 0.3 is 0 Å². The minimum atomic E-state index is -0.327. The molecule has 0 aliphatic heterocycles. The lowest BCUT2D eigenvalue weighted by Gasteiger charge is -2.23. The first-order valence-corrected chi connectivity index (χ1v) is 12.1. The molecular formula is C28H36N4O4. The van der Waals surface area contributed by atoms with E-state index in [2.05, 4.69) is 31.3 Å². The second kappa shape index (κ2) is 12.4. The summed E-state index contributed by atoms with van der Waals surface area (Å²) in [5.74, 6) is 1.20. The predicted molar refractivity (Wildman–Crippen MR) is 142 cm³/mol. The zero-order valence-electron chi connectivity index (χ0n) is 21.9. The summed E-state index contributed by atoms with van der Waals surface area (Å²) in [6, 6.07) is 15.8. The molecule has 2 amide bonds. The lowest BCUT2D eigenvalue weighted by molar-refractivity contribution is -0.138. The first-order chi connectivity index (χ1) is 17.2. The second-order valence-electron chi connectivity index (χ2n) is 9.44. The molecule has 3 aromatic rings. The lowest BCUT2D eigenvalue weighted by Crippen LogP contribution is -2.42. The Balaban J connectivity index is 1.92. The molecule has 0 spiro atoms. The Morgan fingerprint density at radius 2 is 1.67 bits per heavy atom. The van der Waals surface area contributed by atoms with Crippen LogP contribution >= 0.6 is 0 Å². The highest BCUT2D eigenvalue weighted by atomic mass is 16.5. The van der Waals surface area contributed by atoms with Crippen LogP contribution in [-0.4, -0.2) is 60.2 Å². The summed E-state index contributed by atoms with van der Waals surface area (Å²) in [7, 11) is 3.09. The molecule has 3 rings (SSSR count). The van der Waals surface area contributed by atoms with Gasteiger partial charge in [-0.05, 0) is 53.8 Å². The number of ether oxygens (including phenoxy) is 2. The van der Waals surface area contributed by atoms with Crippen molar-refractivity contribution in [1.29, 1.82) is 0 Å². The van der Waals surface area contributed by atoms with Gasteiger partial charge in [0, 0.05) is 31.1 Å². The Bertz CT molecular complexity index is 1150. The SMILES string of the molecule is COCC(=O)N(CC(=O)Nc1nc(-c2ccc(OC)cc2)cn1-c1ccc(C(C)C)cc1)CC(C)C. The van der Waals surface area contributed by atoms with Crippen molar-refractivity contribution in [2.75, 3.05) is 39.2 Å². The molecule has 8 nitrogen and oxygen atoms in total. The maximum absolute atomic E-state index is 13.1. The van der Waals surface area contributed by atoms with Crippen LogP contribution in [0.25, 0.3) is 16.9 Å². The third kappa shape index (κ3) is 6.95. The summed E-state index contributed by atoms with van der Waals surface area (Å²) in [4.78, 5) is 31.8. The van der Waals surface area contributed by atoms with Gasteiger partial charge in [-0.1, -0.05) is 39.8 Å². The molecule has 0 atom stereocenters. The van der Waals surface area contributed by atoms with Crippen LogP contribution in [0.1, 0.15) is 39.2 Å². The molecule has 1 aromatic heterocycles. The molecule has 0 fully saturated rings. The van der Waals surface area contributed by atoms with Crippen LogP contribution in [0, 0.1) is 5.92 Å². The van der Waals surface area contributed by atoms with Gasteiger partial charge in [0.2, 0.25) is 17.8 Å². The van der Waals surface area contributed by atoms with Gasteiger partial charge in [-0.2, -0.15) is 0 Å². The molecule has 1 N–H and O–H groups in total. The van der Waals surface area contributed by atoms with Crippen LogP contribution in [0.15, 0.2) is 54.7 Å². The Morgan fingerprint density at radius 1 is 1.00 bits per heavy atom. The van der Waals surface area contributed by atoms with Gasteiger partial charge in [0.05, 0.1) is 12.8 Å². The molecule has 0 bridgehead atoms. The van der Waals surface area contributed by atoms with Crippen LogP contribution in [0.3, 0.4) is 0 Å². The molecule has 2 aromatic carbocycles. The summed E-state index contributed by atoms with van der Waals surface area (Å²) in [5.41, 5.74) is 3.69. The lowest BCUT2D eigenvalue weighted by atomic mass is 10.0. The zero-order valence-corrected chi connectivity index (χ0v) is 21.9. The van der Waals surface area contributed by atoms with Crippen molar-refractivity contribution in [3.8, 4) is 22.7 Å². The standard InChI is InChI=1S/C28H36N4O4/c1-19(2)15-31(27(34)18-35-5)17-26(33)30-28-29-25(22-9-13-24(36-6)14-10-22)16-32(28)23-11-7-21(8-12-23)20(3)4/h7-14,16,19-20H,15,17-18H2,1-6H3,(H,29,30,33). The summed E-state index contributed by atoms with van der Waals surface area (Å²) in [6.45, 7) is 8.59. The monoisotopic (exact) mass is 492 g/mol. The number of hydrogen-bond acceptors (Lipinski definition) is 5. The molecule has 0 radical (unpaired) electrons. The fraction of sp³-hybridized carbons (Fsp3) is 0.393.